The van der Waals surface area contributed by atoms with Gasteiger partial charge in [-0.1, -0.05) is 62.4 Å². The number of para-hydroxylation sites is 1. The van der Waals surface area contributed by atoms with Crippen LogP contribution in [0.5, 0.6) is 0 Å². The van der Waals surface area contributed by atoms with E-state index in [0.29, 0.717) is 49.1 Å². The highest BCUT2D eigenvalue weighted by atomic mass is 16.5. The number of nitrogens with zero attached hydrogens (tertiary/aromatic N) is 4. The van der Waals surface area contributed by atoms with Gasteiger partial charge in [0.05, 0.1) is 35.7 Å². The van der Waals surface area contributed by atoms with Gasteiger partial charge in [0.15, 0.2) is 0 Å². The molecule has 4 heterocycles. The van der Waals surface area contributed by atoms with Crippen LogP contribution in [0.1, 0.15) is 30.7 Å². The Labute approximate surface area is 237 Å². The van der Waals surface area contributed by atoms with Crippen molar-refractivity contribution in [2.75, 3.05) is 36.5 Å². The maximum Gasteiger partial charge on any atom is 0.291 e. The number of amides is 1. The number of anilines is 2. The summed E-state index contributed by atoms with van der Waals surface area (Å²) in [5.74, 6) is -0.677. The van der Waals surface area contributed by atoms with Crippen molar-refractivity contribution in [1.29, 1.82) is 5.41 Å². The van der Waals surface area contributed by atoms with Crippen LogP contribution in [0.15, 0.2) is 87.3 Å². The standard InChI is InChI=1S/C28H25N7O4.C2H6/c29-24(23-22(35-13-15-37-16-14-35)19-10-6-12-31-27(19)38-23)39-28(30)34-25-26(36)32-20-11-5-4-9-18(20)21(33-25)17-7-2-1-3-8-17;1-2/h1-12,25,29H,13-16H2,(H2,30,34)(H,32,36);1-2H3. The third-order valence-electron chi connectivity index (χ3n) is 6.40. The van der Waals surface area contributed by atoms with Crippen LogP contribution in [0.25, 0.3) is 11.1 Å². The number of aliphatic imine (C=N–C) groups is 2. The zero-order chi connectivity index (χ0) is 28.8. The third-order valence-corrected chi connectivity index (χ3v) is 6.40. The first-order valence-corrected chi connectivity index (χ1v) is 13.4. The van der Waals surface area contributed by atoms with Gasteiger partial charge in [0, 0.05) is 30.4 Å². The number of benzene rings is 2. The van der Waals surface area contributed by atoms with Gasteiger partial charge in [-0.25, -0.2) is 9.98 Å². The van der Waals surface area contributed by atoms with Gasteiger partial charge in [0.1, 0.15) is 0 Å². The summed E-state index contributed by atoms with van der Waals surface area (Å²) in [6.45, 7) is 6.33. The minimum absolute atomic E-state index is 0.162. The molecular weight excluding hydrogens is 522 g/mol. The first-order chi connectivity index (χ1) is 20.1. The molecule has 1 unspecified atom stereocenters. The molecule has 0 spiro atoms. The van der Waals surface area contributed by atoms with Gasteiger partial charge in [-0.05, 0) is 18.2 Å². The Morgan fingerprint density at radius 1 is 1.07 bits per heavy atom. The van der Waals surface area contributed by atoms with Crippen molar-refractivity contribution < 1.29 is 18.7 Å². The van der Waals surface area contributed by atoms with Gasteiger partial charge in [-0.3, -0.25) is 10.2 Å². The molecule has 6 rings (SSSR count). The molecule has 1 amide bonds. The van der Waals surface area contributed by atoms with Crippen LogP contribution in [0.2, 0.25) is 0 Å². The number of morpholine rings is 1. The molecule has 0 aliphatic carbocycles. The fraction of sp³-hybridized carbons (Fsp3) is 0.233. The Morgan fingerprint density at radius 3 is 2.59 bits per heavy atom. The number of rotatable bonds is 4. The van der Waals surface area contributed by atoms with Crippen LogP contribution in [0, 0.1) is 5.41 Å². The van der Waals surface area contributed by atoms with Crippen molar-refractivity contribution in [3.63, 3.8) is 0 Å². The number of nitrogens with two attached hydrogens (primary N) is 1. The highest BCUT2D eigenvalue weighted by molar-refractivity contribution is 6.19. The quantitative estimate of drug-likeness (QED) is 0.253. The number of benzodiazepines with no additional fused rings is 1. The Balaban J connectivity index is 0.00000165. The maximum absolute atomic E-state index is 13.1. The van der Waals surface area contributed by atoms with Gasteiger partial charge in [-0.2, -0.15) is 4.99 Å². The lowest BCUT2D eigenvalue weighted by Crippen LogP contribution is -2.37. The normalized spacial score (nSPS) is 17.0. The van der Waals surface area contributed by atoms with Crippen LogP contribution >= 0.6 is 0 Å². The second kappa shape index (κ2) is 12.4. The van der Waals surface area contributed by atoms with Gasteiger partial charge >= 0.3 is 0 Å². The number of ether oxygens (including phenoxy) is 2. The number of hydrogen-bond acceptors (Lipinski definition) is 9. The summed E-state index contributed by atoms with van der Waals surface area (Å²) in [6.07, 6.45) is 0.376. The number of carbonyl (C=O) groups excluding carboxylic acids is 1. The molecule has 2 aliphatic heterocycles. The third kappa shape index (κ3) is 5.80. The number of pyridine rings is 1. The monoisotopic (exact) mass is 553 g/mol. The van der Waals surface area contributed by atoms with Crippen LogP contribution in [-0.4, -0.2) is 61.0 Å². The smallest absolute Gasteiger partial charge is 0.291 e. The zero-order valence-electron chi connectivity index (χ0n) is 22.8. The topological polar surface area (TPSA) is 151 Å². The number of hydrogen-bond donors (Lipinski definition) is 3. The largest absolute Gasteiger partial charge is 0.430 e. The molecule has 1 saturated heterocycles. The summed E-state index contributed by atoms with van der Waals surface area (Å²) < 4.78 is 17.0. The summed E-state index contributed by atoms with van der Waals surface area (Å²) in [7, 11) is 0. The SMILES string of the molecule is CC.N=C(O/C(N)=N/C1N=C(c2ccccc2)c2ccccc2NC1=O)c1oc2ncccc2c1N1CCOCC1. The molecule has 2 aromatic carbocycles. The number of fused-ring (bicyclic) bond motifs is 2. The van der Waals surface area contributed by atoms with Crippen LogP contribution in [0.4, 0.5) is 11.4 Å². The van der Waals surface area contributed by atoms with Crippen molar-refractivity contribution in [3.8, 4) is 0 Å². The van der Waals surface area contributed by atoms with Crippen molar-refractivity contribution in [2.24, 2.45) is 15.7 Å². The molecular formula is C30H31N7O4. The lowest BCUT2D eigenvalue weighted by atomic mass is 10.0. The Hall–Kier alpha value is -5.03. The Morgan fingerprint density at radius 2 is 1.80 bits per heavy atom. The average molecular weight is 554 g/mol. The molecule has 2 aromatic heterocycles. The van der Waals surface area contributed by atoms with Crippen molar-refractivity contribution in [3.05, 3.63) is 89.8 Å². The predicted octanol–water partition coefficient (Wildman–Crippen LogP) is 4.16. The number of aromatic nitrogens is 1. The van der Waals surface area contributed by atoms with E-state index in [0.717, 1.165) is 16.5 Å². The molecule has 4 aromatic rings. The second-order valence-electron chi connectivity index (χ2n) is 8.89. The van der Waals surface area contributed by atoms with E-state index < -0.39 is 18.1 Å². The molecule has 210 valence electrons. The van der Waals surface area contributed by atoms with E-state index in [1.165, 1.54) is 0 Å². The fourth-order valence-corrected chi connectivity index (χ4v) is 4.63. The van der Waals surface area contributed by atoms with E-state index in [2.05, 4.69) is 25.2 Å². The van der Waals surface area contributed by atoms with Gasteiger partial charge in [-0.15, -0.1) is 0 Å². The summed E-state index contributed by atoms with van der Waals surface area (Å²) in [5.41, 5.74) is 9.93. The minimum Gasteiger partial charge on any atom is -0.430 e. The summed E-state index contributed by atoms with van der Waals surface area (Å²) in [5, 5.41) is 12.3. The molecule has 4 N–H and O–H groups in total. The highest BCUT2D eigenvalue weighted by Crippen LogP contribution is 2.34. The summed E-state index contributed by atoms with van der Waals surface area (Å²) >= 11 is 0. The Kier molecular flexibility index (Phi) is 8.35. The second-order valence-corrected chi connectivity index (χ2v) is 8.89. The molecule has 0 radical (unpaired) electrons. The zero-order valence-corrected chi connectivity index (χ0v) is 22.8. The lowest BCUT2D eigenvalue weighted by molar-refractivity contribution is -0.117. The Bertz CT molecular complexity index is 1610. The number of furan rings is 1. The average Bonchev–Trinajstić information content (AvgIpc) is 3.35. The van der Waals surface area contributed by atoms with Gasteiger partial charge in [0.25, 0.3) is 17.8 Å². The molecule has 0 saturated carbocycles. The van der Waals surface area contributed by atoms with E-state index in [-0.39, 0.29) is 11.7 Å². The molecule has 1 atom stereocenters. The predicted molar refractivity (Wildman–Crippen MR) is 159 cm³/mol. The highest BCUT2D eigenvalue weighted by Gasteiger charge is 2.28. The minimum atomic E-state index is -1.24. The van der Waals surface area contributed by atoms with E-state index in [4.69, 9.17) is 25.0 Å². The first kappa shape index (κ1) is 27.5. The van der Waals surface area contributed by atoms with E-state index >= 15 is 0 Å². The van der Waals surface area contributed by atoms with Crippen molar-refractivity contribution in [1.82, 2.24) is 4.98 Å². The van der Waals surface area contributed by atoms with E-state index in [1.807, 2.05) is 68.4 Å². The molecule has 1 fully saturated rings. The van der Waals surface area contributed by atoms with Gasteiger partial charge < -0.3 is 29.8 Å². The summed E-state index contributed by atoms with van der Waals surface area (Å²) in [6, 6.07) is 20.2. The van der Waals surface area contributed by atoms with Crippen molar-refractivity contribution >= 4 is 46.0 Å². The van der Waals surface area contributed by atoms with Gasteiger partial charge in [0.2, 0.25) is 17.6 Å². The lowest BCUT2D eigenvalue weighted by Gasteiger charge is -2.28. The molecule has 11 nitrogen and oxygen atoms in total. The summed E-state index contributed by atoms with van der Waals surface area (Å²) in [4.78, 5) is 28.3. The number of nitrogens with one attached hydrogen (secondary N) is 2. The van der Waals surface area contributed by atoms with E-state index in [1.54, 1.807) is 18.3 Å². The fourth-order valence-electron chi connectivity index (χ4n) is 4.63. The first-order valence-electron chi connectivity index (χ1n) is 13.4. The van der Waals surface area contributed by atoms with Crippen LogP contribution in [0.3, 0.4) is 0 Å². The van der Waals surface area contributed by atoms with Crippen LogP contribution < -0.4 is 16.0 Å². The number of amidine groups is 1. The van der Waals surface area contributed by atoms with Crippen LogP contribution in [-0.2, 0) is 14.3 Å². The molecule has 0 bridgehead atoms. The maximum atomic E-state index is 13.1. The van der Waals surface area contributed by atoms with Crippen molar-refractivity contribution in [2.45, 2.75) is 20.0 Å². The van der Waals surface area contributed by atoms with E-state index in [9.17, 15) is 4.79 Å². The molecule has 41 heavy (non-hydrogen) atoms. The molecule has 2 aliphatic rings. The molecule has 11 heteroatoms. The number of carbonyl (C=O) groups is 1.